The molecule has 2 heterocycles. The van der Waals surface area contributed by atoms with E-state index in [1.807, 2.05) is 36.4 Å². The standard InChI is InChI=1S/C29H32Cl2N6O3S/c1-19-25(28(38)34-29(15-7-4-8-16-29)18-33-41(39,40)36(2)3)27-32-17-23(22-9-5-6-10-24(22)31)26(37(27)35-19)20-11-13-21(30)14-12-20/h5-6,9-14,17,33H,4,7-8,15-16,18H2,1-3H3,(H,34,38). The van der Waals surface area contributed by atoms with Crippen LogP contribution in [-0.2, 0) is 10.2 Å². The summed E-state index contributed by atoms with van der Waals surface area (Å²) < 4.78 is 30.4. The van der Waals surface area contributed by atoms with Crippen LogP contribution in [0.4, 0.5) is 0 Å². The monoisotopic (exact) mass is 614 g/mol. The van der Waals surface area contributed by atoms with Gasteiger partial charge in [0.15, 0.2) is 5.65 Å². The van der Waals surface area contributed by atoms with E-state index in [0.29, 0.717) is 45.5 Å². The topological polar surface area (TPSA) is 109 Å². The number of aromatic nitrogens is 3. The number of carbonyl (C=O) groups is 1. The largest absolute Gasteiger partial charge is 0.345 e. The van der Waals surface area contributed by atoms with Crippen LogP contribution in [0.3, 0.4) is 0 Å². The van der Waals surface area contributed by atoms with Crippen molar-refractivity contribution in [2.75, 3.05) is 20.6 Å². The van der Waals surface area contributed by atoms with Crippen molar-refractivity contribution in [2.24, 2.45) is 0 Å². The quantitative estimate of drug-likeness (QED) is 0.272. The van der Waals surface area contributed by atoms with Crippen molar-refractivity contribution in [3.8, 4) is 22.4 Å². The maximum Gasteiger partial charge on any atom is 0.279 e. The molecule has 216 valence electrons. The van der Waals surface area contributed by atoms with Crippen LogP contribution >= 0.6 is 23.2 Å². The second kappa shape index (κ2) is 11.7. The molecule has 1 amide bonds. The Kier molecular flexibility index (Phi) is 8.41. The van der Waals surface area contributed by atoms with Crippen molar-refractivity contribution in [1.29, 1.82) is 0 Å². The van der Waals surface area contributed by atoms with Crippen molar-refractivity contribution in [3.63, 3.8) is 0 Å². The lowest BCUT2D eigenvalue weighted by Gasteiger charge is -2.38. The van der Waals surface area contributed by atoms with Crippen LogP contribution in [0.5, 0.6) is 0 Å². The van der Waals surface area contributed by atoms with Crippen molar-refractivity contribution in [3.05, 3.63) is 76.0 Å². The van der Waals surface area contributed by atoms with E-state index in [2.05, 4.69) is 10.0 Å². The Balaban J connectivity index is 1.60. The van der Waals surface area contributed by atoms with E-state index in [-0.39, 0.29) is 12.5 Å². The number of halogens is 2. The molecular weight excluding hydrogens is 583 g/mol. The molecule has 1 saturated carbocycles. The Bertz CT molecular complexity index is 1700. The first kappa shape index (κ1) is 29.5. The molecule has 9 nitrogen and oxygen atoms in total. The summed E-state index contributed by atoms with van der Waals surface area (Å²) in [6.45, 7) is 1.87. The molecule has 1 fully saturated rings. The smallest absolute Gasteiger partial charge is 0.279 e. The number of fused-ring (bicyclic) bond motifs is 1. The average Bonchev–Trinajstić information content (AvgIpc) is 3.29. The maximum atomic E-state index is 13.9. The highest BCUT2D eigenvalue weighted by Crippen LogP contribution is 2.37. The van der Waals surface area contributed by atoms with Crippen LogP contribution in [-0.4, -0.2) is 59.4 Å². The number of nitrogens with zero attached hydrogens (tertiary/aromatic N) is 4. The van der Waals surface area contributed by atoms with Gasteiger partial charge in [-0.1, -0.05) is 72.8 Å². The highest BCUT2D eigenvalue weighted by Gasteiger charge is 2.37. The fraction of sp³-hybridized carbons (Fsp3) is 0.345. The highest BCUT2D eigenvalue weighted by molar-refractivity contribution is 7.87. The van der Waals surface area contributed by atoms with Gasteiger partial charge in [0.05, 0.1) is 16.9 Å². The summed E-state index contributed by atoms with van der Waals surface area (Å²) in [6.07, 6.45) is 5.83. The van der Waals surface area contributed by atoms with Crippen molar-refractivity contribution >= 4 is 45.0 Å². The van der Waals surface area contributed by atoms with E-state index in [0.717, 1.165) is 40.3 Å². The minimum Gasteiger partial charge on any atom is -0.345 e. The molecule has 0 radical (unpaired) electrons. The predicted octanol–water partition coefficient (Wildman–Crippen LogP) is 5.51. The van der Waals surface area contributed by atoms with Crippen LogP contribution in [0.15, 0.2) is 54.7 Å². The third kappa shape index (κ3) is 5.98. The fourth-order valence-electron chi connectivity index (χ4n) is 5.36. The zero-order chi connectivity index (χ0) is 29.4. The van der Waals surface area contributed by atoms with E-state index in [1.54, 1.807) is 29.8 Å². The van der Waals surface area contributed by atoms with Crippen LogP contribution in [0, 0.1) is 6.92 Å². The number of carbonyl (C=O) groups excluding carboxylic acids is 1. The van der Waals surface area contributed by atoms with Gasteiger partial charge in [0.1, 0.15) is 5.56 Å². The first-order chi connectivity index (χ1) is 19.5. The number of hydrogen-bond acceptors (Lipinski definition) is 5. The van der Waals surface area contributed by atoms with Gasteiger partial charge in [-0.05, 0) is 38.0 Å². The summed E-state index contributed by atoms with van der Waals surface area (Å²) in [5.74, 6) is -0.344. The first-order valence-electron chi connectivity index (χ1n) is 13.4. The molecule has 1 aliphatic carbocycles. The summed E-state index contributed by atoms with van der Waals surface area (Å²) in [4.78, 5) is 18.6. The Labute approximate surface area is 250 Å². The zero-order valence-electron chi connectivity index (χ0n) is 23.1. The molecule has 2 aromatic heterocycles. The molecule has 2 aromatic carbocycles. The van der Waals surface area contributed by atoms with Crippen molar-refractivity contribution in [2.45, 2.75) is 44.6 Å². The van der Waals surface area contributed by atoms with E-state index < -0.39 is 15.7 Å². The number of nitrogens with one attached hydrogen (secondary N) is 2. The Morgan fingerprint density at radius 2 is 1.71 bits per heavy atom. The molecule has 0 unspecified atom stereocenters. The van der Waals surface area contributed by atoms with Gasteiger partial charge >= 0.3 is 0 Å². The lowest BCUT2D eigenvalue weighted by molar-refractivity contribution is 0.0872. The van der Waals surface area contributed by atoms with Gasteiger partial charge in [0.25, 0.3) is 16.1 Å². The number of aryl methyl sites for hydroxylation is 1. The second-order valence-electron chi connectivity index (χ2n) is 10.6. The van der Waals surface area contributed by atoms with E-state index in [9.17, 15) is 13.2 Å². The highest BCUT2D eigenvalue weighted by atomic mass is 35.5. The molecule has 0 bridgehead atoms. The fourth-order valence-corrected chi connectivity index (χ4v) is 6.44. The molecule has 41 heavy (non-hydrogen) atoms. The summed E-state index contributed by atoms with van der Waals surface area (Å²) >= 11 is 12.8. The van der Waals surface area contributed by atoms with E-state index >= 15 is 0 Å². The SMILES string of the molecule is Cc1nn2c(-c3ccc(Cl)cc3)c(-c3ccccc3Cl)cnc2c1C(=O)NC1(CNS(=O)(=O)N(C)C)CCCCC1. The summed E-state index contributed by atoms with van der Waals surface area (Å²) in [5.41, 5.74) is 3.58. The van der Waals surface area contributed by atoms with E-state index in [1.165, 1.54) is 14.1 Å². The van der Waals surface area contributed by atoms with Gasteiger partial charge in [-0.25, -0.2) is 9.50 Å². The summed E-state index contributed by atoms with van der Waals surface area (Å²) in [7, 11) is -0.719. The predicted molar refractivity (Wildman–Crippen MR) is 163 cm³/mol. The third-order valence-corrected chi connectivity index (χ3v) is 9.64. The number of benzene rings is 2. The zero-order valence-corrected chi connectivity index (χ0v) is 25.4. The molecule has 0 saturated heterocycles. The van der Waals surface area contributed by atoms with Crippen LogP contribution in [0.2, 0.25) is 10.0 Å². The first-order valence-corrected chi connectivity index (χ1v) is 15.6. The Hall–Kier alpha value is -3.02. The van der Waals surface area contributed by atoms with Crippen molar-refractivity contribution < 1.29 is 13.2 Å². The van der Waals surface area contributed by atoms with Crippen molar-refractivity contribution in [1.82, 2.24) is 28.9 Å². The molecular formula is C29H32Cl2N6O3S. The summed E-state index contributed by atoms with van der Waals surface area (Å²) in [5, 5.41) is 9.11. The number of amides is 1. The van der Waals surface area contributed by atoms with Crippen LogP contribution in [0.1, 0.15) is 48.2 Å². The van der Waals surface area contributed by atoms with Gasteiger partial charge in [0.2, 0.25) is 0 Å². The van der Waals surface area contributed by atoms with Crippen LogP contribution < -0.4 is 10.0 Å². The normalized spacial score (nSPS) is 15.4. The maximum absolute atomic E-state index is 13.9. The molecule has 2 N–H and O–H groups in total. The number of hydrogen-bond donors (Lipinski definition) is 2. The second-order valence-corrected chi connectivity index (χ2v) is 13.4. The van der Waals surface area contributed by atoms with Gasteiger partial charge in [0, 0.05) is 53.6 Å². The molecule has 5 rings (SSSR count). The third-order valence-electron chi connectivity index (χ3n) is 7.59. The molecule has 0 atom stereocenters. The van der Waals surface area contributed by atoms with Crippen LogP contribution in [0.25, 0.3) is 28.0 Å². The lowest BCUT2D eigenvalue weighted by atomic mass is 9.81. The lowest BCUT2D eigenvalue weighted by Crippen LogP contribution is -2.57. The van der Waals surface area contributed by atoms with Gasteiger partial charge in [-0.3, -0.25) is 4.79 Å². The minimum absolute atomic E-state index is 0.0949. The molecule has 0 aliphatic heterocycles. The molecule has 12 heteroatoms. The molecule has 0 spiro atoms. The number of rotatable bonds is 8. The Morgan fingerprint density at radius 1 is 1.02 bits per heavy atom. The Morgan fingerprint density at radius 3 is 2.37 bits per heavy atom. The van der Waals surface area contributed by atoms with Gasteiger partial charge in [-0.15, -0.1) is 0 Å². The molecule has 4 aromatic rings. The minimum atomic E-state index is -3.66. The average molecular weight is 616 g/mol. The van der Waals surface area contributed by atoms with E-state index in [4.69, 9.17) is 33.3 Å². The van der Waals surface area contributed by atoms with Gasteiger partial charge < -0.3 is 5.32 Å². The molecule has 1 aliphatic rings. The van der Waals surface area contributed by atoms with Gasteiger partial charge in [-0.2, -0.15) is 22.5 Å². The summed E-state index contributed by atoms with van der Waals surface area (Å²) in [6, 6.07) is 14.9.